The van der Waals surface area contributed by atoms with Crippen molar-refractivity contribution >= 4 is 16.9 Å². The van der Waals surface area contributed by atoms with Crippen LogP contribution in [0.2, 0.25) is 0 Å². The Bertz CT molecular complexity index is 660. The molecule has 1 heterocycles. The highest BCUT2D eigenvalue weighted by atomic mass is 16.5. The first-order valence-electron chi connectivity index (χ1n) is 6.48. The smallest absolute Gasteiger partial charge is 0.336 e. The molecule has 1 aromatic carbocycles. The predicted octanol–water partition coefficient (Wildman–Crippen LogP) is 1.94. The molecule has 0 bridgehead atoms. The second-order valence-corrected chi connectivity index (χ2v) is 4.94. The van der Waals surface area contributed by atoms with E-state index in [1.54, 1.807) is 24.3 Å². The van der Waals surface area contributed by atoms with Gasteiger partial charge in [0.05, 0.1) is 0 Å². The highest BCUT2D eigenvalue weighted by Gasteiger charge is 2.05. The van der Waals surface area contributed by atoms with Gasteiger partial charge >= 0.3 is 5.63 Å². The number of nitrogens with one attached hydrogen (secondary N) is 1. The first-order valence-corrected chi connectivity index (χ1v) is 6.48. The molecule has 0 fully saturated rings. The van der Waals surface area contributed by atoms with Crippen LogP contribution in [0.4, 0.5) is 0 Å². The molecule has 0 saturated carbocycles. The van der Waals surface area contributed by atoms with Gasteiger partial charge in [-0.2, -0.15) is 0 Å². The zero-order valence-electron chi connectivity index (χ0n) is 11.5. The van der Waals surface area contributed by atoms with Crippen molar-refractivity contribution in [1.82, 2.24) is 5.32 Å². The van der Waals surface area contributed by atoms with Crippen LogP contribution in [0.3, 0.4) is 0 Å². The molecule has 2 aromatic rings. The molecule has 0 spiro atoms. The first kappa shape index (κ1) is 14.1. The molecule has 20 heavy (non-hydrogen) atoms. The molecular formula is C15H17NO4. The van der Waals surface area contributed by atoms with E-state index in [1.807, 2.05) is 13.8 Å². The zero-order valence-corrected chi connectivity index (χ0v) is 11.5. The number of benzene rings is 1. The van der Waals surface area contributed by atoms with E-state index in [9.17, 15) is 9.59 Å². The fourth-order valence-electron chi connectivity index (χ4n) is 1.65. The number of hydrogen-bond acceptors (Lipinski definition) is 4. The number of amides is 1. The van der Waals surface area contributed by atoms with E-state index in [0.717, 1.165) is 5.39 Å². The molecular weight excluding hydrogens is 258 g/mol. The average Bonchev–Trinajstić information content (AvgIpc) is 2.42. The number of ether oxygens (including phenoxy) is 1. The van der Waals surface area contributed by atoms with Crippen molar-refractivity contribution in [3.05, 3.63) is 40.8 Å². The van der Waals surface area contributed by atoms with Crippen molar-refractivity contribution in [2.75, 3.05) is 13.2 Å². The van der Waals surface area contributed by atoms with E-state index in [1.165, 1.54) is 6.07 Å². The van der Waals surface area contributed by atoms with E-state index in [-0.39, 0.29) is 12.5 Å². The lowest BCUT2D eigenvalue weighted by molar-refractivity contribution is -0.123. The van der Waals surface area contributed by atoms with E-state index in [2.05, 4.69) is 5.32 Å². The summed E-state index contributed by atoms with van der Waals surface area (Å²) < 4.78 is 10.4. The van der Waals surface area contributed by atoms with Crippen LogP contribution in [0.1, 0.15) is 13.8 Å². The summed E-state index contributed by atoms with van der Waals surface area (Å²) in [7, 11) is 0. The van der Waals surface area contributed by atoms with E-state index in [0.29, 0.717) is 23.8 Å². The molecule has 1 N–H and O–H groups in total. The van der Waals surface area contributed by atoms with Crippen LogP contribution in [0.15, 0.2) is 39.5 Å². The van der Waals surface area contributed by atoms with Crippen molar-refractivity contribution < 1.29 is 13.9 Å². The van der Waals surface area contributed by atoms with Crippen molar-refractivity contribution in [3.8, 4) is 5.75 Å². The van der Waals surface area contributed by atoms with Gasteiger partial charge in [-0.3, -0.25) is 4.79 Å². The molecule has 106 valence electrons. The Hall–Kier alpha value is -2.30. The summed E-state index contributed by atoms with van der Waals surface area (Å²) in [5, 5.41) is 3.57. The van der Waals surface area contributed by atoms with Crippen LogP contribution in [-0.4, -0.2) is 19.1 Å². The lowest BCUT2D eigenvalue weighted by atomic mass is 10.2. The Kier molecular flexibility index (Phi) is 4.40. The van der Waals surface area contributed by atoms with Crippen LogP contribution >= 0.6 is 0 Å². The molecule has 0 aliphatic carbocycles. The summed E-state index contributed by atoms with van der Waals surface area (Å²) in [5.74, 6) is 0.716. The third-order valence-corrected chi connectivity index (χ3v) is 2.67. The molecule has 1 aromatic heterocycles. The van der Waals surface area contributed by atoms with Crippen LogP contribution < -0.4 is 15.7 Å². The fraction of sp³-hybridized carbons (Fsp3) is 0.333. The summed E-state index contributed by atoms with van der Waals surface area (Å²) in [6.45, 7) is 4.60. The maximum atomic E-state index is 11.5. The van der Waals surface area contributed by atoms with Crippen molar-refractivity contribution in [3.63, 3.8) is 0 Å². The number of fused-ring (bicyclic) bond motifs is 1. The minimum atomic E-state index is -0.413. The molecule has 5 nitrogen and oxygen atoms in total. The molecule has 2 rings (SSSR count). The molecule has 0 radical (unpaired) electrons. The van der Waals surface area contributed by atoms with Gasteiger partial charge in [0.25, 0.3) is 5.91 Å². The summed E-state index contributed by atoms with van der Waals surface area (Å²) in [4.78, 5) is 22.7. The highest BCUT2D eigenvalue weighted by Crippen LogP contribution is 2.19. The number of carbonyl (C=O) groups is 1. The minimum Gasteiger partial charge on any atom is -0.484 e. The van der Waals surface area contributed by atoms with Crippen LogP contribution in [0.5, 0.6) is 5.75 Å². The lowest BCUT2D eigenvalue weighted by Crippen LogP contribution is -2.31. The molecule has 0 aliphatic heterocycles. The van der Waals surface area contributed by atoms with E-state index < -0.39 is 5.63 Å². The van der Waals surface area contributed by atoms with Crippen LogP contribution in [0.25, 0.3) is 11.0 Å². The Morgan fingerprint density at radius 1 is 1.30 bits per heavy atom. The molecule has 0 aliphatic rings. The van der Waals surface area contributed by atoms with Crippen molar-refractivity contribution in [2.24, 2.45) is 5.92 Å². The monoisotopic (exact) mass is 275 g/mol. The third kappa shape index (κ3) is 3.85. The van der Waals surface area contributed by atoms with Crippen molar-refractivity contribution in [1.29, 1.82) is 0 Å². The number of carbonyl (C=O) groups excluding carboxylic acids is 1. The maximum absolute atomic E-state index is 11.5. The van der Waals surface area contributed by atoms with Gasteiger partial charge in [0, 0.05) is 24.1 Å². The van der Waals surface area contributed by atoms with Gasteiger partial charge < -0.3 is 14.5 Å². The number of rotatable bonds is 5. The summed E-state index contributed by atoms with van der Waals surface area (Å²) >= 11 is 0. The van der Waals surface area contributed by atoms with Gasteiger partial charge in [-0.25, -0.2) is 4.79 Å². The van der Waals surface area contributed by atoms with Crippen LogP contribution in [-0.2, 0) is 4.79 Å². The summed E-state index contributed by atoms with van der Waals surface area (Å²) in [6.07, 6.45) is 0. The Morgan fingerprint density at radius 3 is 2.80 bits per heavy atom. The Labute approximate surface area is 116 Å². The summed E-state index contributed by atoms with van der Waals surface area (Å²) in [6, 6.07) is 8.16. The quantitative estimate of drug-likeness (QED) is 0.847. The normalized spacial score (nSPS) is 10.8. The molecule has 0 saturated heterocycles. The zero-order chi connectivity index (χ0) is 14.5. The topological polar surface area (TPSA) is 68.5 Å². The van der Waals surface area contributed by atoms with Gasteiger partial charge in [-0.15, -0.1) is 0 Å². The van der Waals surface area contributed by atoms with Crippen LogP contribution in [0, 0.1) is 5.92 Å². The second kappa shape index (κ2) is 6.23. The van der Waals surface area contributed by atoms with Crippen molar-refractivity contribution in [2.45, 2.75) is 13.8 Å². The Balaban J connectivity index is 1.99. The molecule has 0 atom stereocenters. The largest absolute Gasteiger partial charge is 0.484 e. The molecule has 0 unspecified atom stereocenters. The second-order valence-electron chi connectivity index (χ2n) is 4.94. The Morgan fingerprint density at radius 2 is 2.05 bits per heavy atom. The molecule has 5 heteroatoms. The average molecular weight is 275 g/mol. The summed E-state index contributed by atoms with van der Waals surface area (Å²) in [5.41, 5.74) is 0.0296. The van der Waals surface area contributed by atoms with Gasteiger partial charge in [-0.05, 0) is 24.1 Å². The van der Waals surface area contributed by atoms with E-state index >= 15 is 0 Å². The van der Waals surface area contributed by atoms with E-state index in [4.69, 9.17) is 9.15 Å². The fourth-order valence-corrected chi connectivity index (χ4v) is 1.65. The lowest BCUT2D eigenvalue weighted by Gasteiger charge is -2.09. The van der Waals surface area contributed by atoms with Gasteiger partial charge in [0.15, 0.2) is 6.61 Å². The minimum absolute atomic E-state index is 0.0602. The SMILES string of the molecule is CC(C)CNC(=O)COc1ccc2ccc(=O)oc2c1. The molecule has 1 amide bonds. The first-order chi connectivity index (χ1) is 9.54. The predicted molar refractivity (Wildman–Crippen MR) is 75.8 cm³/mol. The number of hydrogen-bond donors (Lipinski definition) is 1. The maximum Gasteiger partial charge on any atom is 0.336 e. The third-order valence-electron chi connectivity index (χ3n) is 2.67. The highest BCUT2D eigenvalue weighted by molar-refractivity contribution is 5.79. The van der Waals surface area contributed by atoms with Gasteiger partial charge in [0.1, 0.15) is 11.3 Å². The van der Waals surface area contributed by atoms with Gasteiger partial charge in [0.2, 0.25) is 0 Å². The standard InChI is InChI=1S/C15H17NO4/c1-10(2)8-16-14(17)9-19-12-5-3-11-4-6-15(18)20-13(11)7-12/h3-7,10H,8-9H2,1-2H3,(H,16,17). The van der Waals surface area contributed by atoms with Gasteiger partial charge in [-0.1, -0.05) is 13.8 Å².